The van der Waals surface area contributed by atoms with E-state index in [1.54, 1.807) is 13.3 Å². The molecule has 0 radical (unpaired) electrons. The van der Waals surface area contributed by atoms with E-state index >= 15 is 0 Å². The molecule has 2 aromatic heterocycles. The average Bonchev–Trinajstić information content (AvgIpc) is 3.03. The molecule has 0 aliphatic rings. The van der Waals surface area contributed by atoms with E-state index in [9.17, 15) is 0 Å². The number of methoxy groups -OCH3 is 1. The van der Waals surface area contributed by atoms with Crippen molar-refractivity contribution in [1.82, 2.24) is 14.5 Å². The zero-order valence-electron chi connectivity index (χ0n) is 12.1. The number of hydrogen-bond donors (Lipinski definition) is 0. The van der Waals surface area contributed by atoms with Crippen LogP contribution in [0.2, 0.25) is 0 Å². The Bertz CT molecular complexity index is 776. The summed E-state index contributed by atoms with van der Waals surface area (Å²) < 4.78 is 12.9. The zero-order valence-corrected chi connectivity index (χ0v) is 12.9. The lowest BCUT2D eigenvalue weighted by Crippen LogP contribution is -2.06. The summed E-state index contributed by atoms with van der Waals surface area (Å²) in [5.41, 5.74) is 1.75. The van der Waals surface area contributed by atoms with Crippen LogP contribution in [0.5, 0.6) is 5.75 Å². The van der Waals surface area contributed by atoms with Gasteiger partial charge in [0.2, 0.25) is 5.89 Å². The summed E-state index contributed by atoms with van der Waals surface area (Å²) in [7, 11) is 1.63. The highest BCUT2D eigenvalue weighted by Gasteiger charge is 2.18. The number of nitrogens with zero attached hydrogens (tertiary/aromatic N) is 3. The van der Waals surface area contributed by atoms with Crippen molar-refractivity contribution >= 4 is 22.6 Å². The number of hydrogen-bond acceptors (Lipinski definition) is 4. The Balaban J connectivity index is 2.16. The first kappa shape index (κ1) is 13.9. The van der Waals surface area contributed by atoms with Gasteiger partial charge in [-0.3, -0.25) is 0 Å². The summed E-state index contributed by atoms with van der Waals surface area (Å²) in [5, 5.41) is -0.224. The second kappa shape index (κ2) is 5.41. The van der Waals surface area contributed by atoms with Crippen molar-refractivity contribution in [2.45, 2.75) is 25.8 Å². The minimum absolute atomic E-state index is 0.224. The lowest BCUT2D eigenvalue weighted by atomic mass is 10.3. The largest absolute Gasteiger partial charge is 0.494 e. The summed E-state index contributed by atoms with van der Waals surface area (Å²) in [6.07, 6.45) is 1.71. The first-order valence-corrected chi connectivity index (χ1v) is 7.12. The highest BCUT2D eigenvalue weighted by Crippen LogP contribution is 2.30. The van der Waals surface area contributed by atoms with Gasteiger partial charge in [-0.2, -0.15) is 0 Å². The summed E-state index contributed by atoms with van der Waals surface area (Å²) >= 11 is 6.27. The van der Waals surface area contributed by atoms with Crippen LogP contribution in [-0.2, 0) is 6.54 Å². The first-order valence-electron chi connectivity index (χ1n) is 6.68. The van der Waals surface area contributed by atoms with E-state index in [2.05, 4.69) is 9.97 Å². The number of aryl methyl sites for hydroxylation is 1. The third-order valence-corrected chi connectivity index (χ3v) is 3.50. The summed E-state index contributed by atoms with van der Waals surface area (Å²) in [6.45, 7) is 4.26. The van der Waals surface area contributed by atoms with Crippen molar-refractivity contribution in [1.29, 1.82) is 0 Å². The van der Waals surface area contributed by atoms with Gasteiger partial charge in [0.15, 0.2) is 0 Å². The number of fused-ring (bicyclic) bond motifs is 1. The van der Waals surface area contributed by atoms with E-state index in [-0.39, 0.29) is 5.38 Å². The second-order valence-corrected chi connectivity index (χ2v) is 5.52. The second-order valence-electron chi connectivity index (χ2n) is 4.86. The Labute approximate surface area is 127 Å². The third kappa shape index (κ3) is 2.49. The number of benzene rings is 1. The molecule has 1 aromatic carbocycles. The van der Waals surface area contributed by atoms with Crippen LogP contribution < -0.4 is 4.74 Å². The molecule has 0 bridgehead atoms. The van der Waals surface area contributed by atoms with Gasteiger partial charge in [-0.25, -0.2) is 9.97 Å². The van der Waals surface area contributed by atoms with E-state index in [1.807, 2.05) is 36.6 Å². The molecular formula is C15H16ClN3O2. The van der Waals surface area contributed by atoms with E-state index < -0.39 is 0 Å². The minimum atomic E-state index is -0.224. The van der Waals surface area contributed by atoms with Crippen LogP contribution >= 0.6 is 11.6 Å². The molecule has 1 atom stereocenters. The fourth-order valence-corrected chi connectivity index (χ4v) is 2.55. The monoisotopic (exact) mass is 305 g/mol. The smallest absolute Gasteiger partial charge is 0.214 e. The van der Waals surface area contributed by atoms with Gasteiger partial charge in [-0.05, 0) is 26.0 Å². The predicted molar refractivity (Wildman–Crippen MR) is 80.9 cm³/mol. The first-order chi connectivity index (χ1) is 10.1. The van der Waals surface area contributed by atoms with Gasteiger partial charge in [-0.15, -0.1) is 11.6 Å². The van der Waals surface area contributed by atoms with Crippen molar-refractivity contribution in [2.24, 2.45) is 0 Å². The van der Waals surface area contributed by atoms with Crippen LogP contribution in [0.25, 0.3) is 11.0 Å². The number of ether oxygens (including phenoxy) is 1. The molecule has 6 heteroatoms. The molecule has 5 nitrogen and oxygen atoms in total. The lowest BCUT2D eigenvalue weighted by Gasteiger charge is -2.08. The molecule has 0 saturated carbocycles. The van der Waals surface area contributed by atoms with Gasteiger partial charge in [0.1, 0.15) is 29.4 Å². The van der Waals surface area contributed by atoms with E-state index in [0.717, 1.165) is 28.4 Å². The molecule has 0 saturated heterocycles. The highest BCUT2D eigenvalue weighted by atomic mass is 35.5. The highest BCUT2D eigenvalue weighted by molar-refractivity contribution is 6.20. The SMILES string of the molecule is COc1cccc2c1nc(C(C)Cl)n2Cc1ncc(C)o1. The van der Waals surface area contributed by atoms with Crippen molar-refractivity contribution in [3.63, 3.8) is 0 Å². The van der Waals surface area contributed by atoms with Crippen molar-refractivity contribution in [2.75, 3.05) is 7.11 Å². The molecule has 110 valence electrons. The maximum atomic E-state index is 6.27. The summed E-state index contributed by atoms with van der Waals surface area (Å²) in [5.74, 6) is 2.92. The van der Waals surface area contributed by atoms with Crippen LogP contribution in [0.15, 0.2) is 28.8 Å². The number of alkyl halides is 1. The van der Waals surface area contributed by atoms with Crippen LogP contribution in [0, 0.1) is 6.92 Å². The Kier molecular flexibility index (Phi) is 3.59. The van der Waals surface area contributed by atoms with Crippen molar-refractivity contribution in [3.8, 4) is 5.75 Å². The molecule has 0 N–H and O–H groups in total. The maximum Gasteiger partial charge on any atom is 0.214 e. The Morgan fingerprint density at radius 1 is 1.43 bits per heavy atom. The normalized spacial score (nSPS) is 12.8. The van der Waals surface area contributed by atoms with Crippen molar-refractivity contribution < 1.29 is 9.15 Å². The molecule has 2 heterocycles. The standard InChI is InChI=1S/C15H16ClN3O2/c1-9-7-17-13(21-9)8-19-11-5-4-6-12(20-3)14(11)18-15(19)10(2)16/h4-7,10H,8H2,1-3H3. The van der Waals surface area contributed by atoms with Gasteiger partial charge in [0.05, 0.1) is 24.2 Å². The molecule has 3 aromatic rings. The predicted octanol–water partition coefficient (Wildman–Crippen LogP) is 3.69. The number of imidazole rings is 1. The number of oxazole rings is 1. The zero-order chi connectivity index (χ0) is 15.0. The number of para-hydroxylation sites is 1. The fourth-order valence-electron chi connectivity index (χ4n) is 2.38. The molecule has 0 aliphatic heterocycles. The van der Waals surface area contributed by atoms with Gasteiger partial charge in [0, 0.05) is 0 Å². The number of halogens is 1. The molecule has 0 fully saturated rings. The van der Waals surface area contributed by atoms with Crippen LogP contribution in [0.1, 0.15) is 29.8 Å². The summed E-state index contributed by atoms with van der Waals surface area (Å²) in [6, 6.07) is 5.81. The van der Waals surface area contributed by atoms with Gasteiger partial charge in [0.25, 0.3) is 0 Å². The van der Waals surface area contributed by atoms with Crippen molar-refractivity contribution in [3.05, 3.63) is 41.9 Å². The molecule has 0 aliphatic carbocycles. The van der Waals surface area contributed by atoms with Crippen LogP contribution in [0.4, 0.5) is 0 Å². The number of rotatable bonds is 4. The summed E-state index contributed by atoms with van der Waals surface area (Å²) in [4.78, 5) is 8.87. The molecule has 3 rings (SSSR count). The Hall–Kier alpha value is -2.01. The lowest BCUT2D eigenvalue weighted by molar-refractivity contribution is 0.419. The quantitative estimate of drug-likeness (QED) is 0.690. The van der Waals surface area contributed by atoms with Crippen LogP contribution in [-0.4, -0.2) is 21.6 Å². The molecule has 0 amide bonds. The molecular weight excluding hydrogens is 290 g/mol. The Morgan fingerprint density at radius 2 is 2.24 bits per heavy atom. The molecule has 0 spiro atoms. The maximum absolute atomic E-state index is 6.27. The van der Waals surface area contributed by atoms with Gasteiger partial charge >= 0.3 is 0 Å². The Morgan fingerprint density at radius 3 is 2.86 bits per heavy atom. The topological polar surface area (TPSA) is 53.1 Å². The van der Waals surface area contributed by atoms with E-state index in [1.165, 1.54) is 0 Å². The van der Waals surface area contributed by atoms with Crippen LogP contribution in [0.3, 0.4) is 0 Å². The molecule has 1 unspecified atom stereocenters. The minimum Gasteiger partial charge on any atom is -0.494 e. The number of aromatic nitrogens is 3. The van der Waals surface area contributed by atoms with Gasteiger partial charge < -0.3 is 13.7 Å². The van der Waals surface area contributed by atoms with Gasteiger partial charge in [-0.1, -0.05) is 6.07 Å². The fraction of sp³-hybridized carbons (Fsp3) is 0.333. The molecule has 21 heavy (non-hydrogen) atoms. The van der Waals surface area contributed by atoms with E-state index in [4.69, 9.17) is 20.8 Å². The average molecular weight is 306 g/mol. The van der Waals surface area contributed by atoms with E-state index in [0.29, 0.717) is 12.4 Å². The third-order valence-electron chi connectivity index (χ3n) is 3.31.